The van der Waals surface area contributed by atoms with Crippen LogP contribution in [0, 0.1) is 0 Å². The van der Waals surface area contributed by atoms with Crippen LogP contribution in [0.5, 0.6) is 0 Å². The van der Waals surface area contributed by atoms with Gasteiger partial charge in [0.15, 0.2) is 9.84 Å². The second-order valence-electron chi connectivity index (χ2n) is 5.04. The van der Waals surface area contributed by atoms with E-state index in [1.54, 1.807) is 6.92 Å². The third-order valence-corrected chi connectivity index (χ3v) is 5.19. The van der Waals surface area contributed by atoms with Crippen molar-refractivity contribution in [1.82, 2.24) is 10.6 Å². The molecule has 2 amide bonds. The van der Waals surface area contributed by atoms with Crippen LogP contribution in [0.3, 0.4) is 0 Å². The van der Waals surface area contributed by atoms with Crippen LogP contribution in [0.4, 0.5) is 4.79 Å². The van der Waals surface area contributed by atoms with Gasteiger partial charge in [0.2, 0.25) is 0 Å². The number of aliphatic carboxylic acids is 1. The average molecular weight is 292 g/mol. The van der Waals surface area contributed by atoms with Crippen molar-refractivity contribution in [3.05, 3.63) is 0 Å². The van der Waals surface area contributed by atoms with Crippen molar-refractivity contribution >= 4 is 21.8 Å². The van der Waals surface area contributed by atoms with Gasteiger partial charge in [0.1, 0.15) is 5.54 Å². The van der Waals surface area contributed by atoms with E-state index in [2.05, 4.69) is 10.6 Å². The van der Waals surface area contributed by atoms with Crippen LogP contribution in [0.25, 0.3) is 0 Å². The Morgan fingerprint density at radius 3 is 2.53 bits per heavy atom. The third-order valence-electron chi connectivity index (χ3n) is 3.37. The number of urea groups is 1. The summed E-state index contributed by atoms with van der Waals surface area (Å²) in [5.41, 5.74) is -1.35. The molecule has 1 heterocycles. The third kappa shape index (κ3) is 4.38. The Kier molecular flexibility index (Phi) is 4.78. The highest BCUT2D eigenvalue weighted by molar-refractivity contribution is 7.91. The zero-order chi connectivity index (χ0) is 14.7. The fourth-order valence-electron chi connectivity index (χ4n) is 1.90. The van der Waals surface area contributed by atoms with Crippen molar-refractivity contribution < 1.29 is 23.1 Å². The van der Waals surface area contributed by atoms with Crippen molar-refractivity contribution in [3.8, 4) is 0 Å². The zero-order valence-electron chi connectivity index (χ0n) is 11.1. The number of rotatable bonds is 4. The van der Waals surface area contributed by atoms with Crippen LogP contribution >= 0.6 is 0 Å². The van der Waals surface area contributed by atoms with E-state index in [-0.39, 0.29) is 17.9 Å². The Morgan fingerprint density at radius 1 is 1.42 bits per heavy atom. The predicted molar refractivity (Wildman–Crippen MR) is 69.7 cm³/mol. The molecule has 1 aliphatic rings. The molecule has 0 saturated carbocycles. The van der Waals surface area contributed by atoms with Gasteiger partial charge in [-0.3, -0.25) is 0 Å². The van der Waals surface area contributed by atoms with Gasteiger partial charge in [-0.15, -0.1) is 0 Å². The van der Waals surface area contributed by atoms with Gasteiger partial charge < -0.3 is 15.7 Å². The van der Waals surface area contributed by atoms with Crippen molar-refractivity contribution in [2.24, 2.45) is 0 Å². The van der Waals surface area contributed by atoms with E-state index in [9.17, 15) is 18.0 Å². The van der Waals surface area contributed by atoms with Crippen molar-refractivity contribution in [2.45, 2.75) is 44.7 Å². The minimum atomic E-state index is -3.10. The molecule has 2 unspecified atom stereocenters. The van der Waals surface area contributed by atoms with Gasteiger partial charge in [-0.25, -0.2) is 18.0 Å². The molecule has 19 heavy (non-hydrogen) atoms. The highest BCUT2D eigenvalue weighted by atomic mass is 32.2. The Hall–Kier alpha value is -1.31. The number of sulfone groups is 1. The highest BCUT2D eigenvalue weighted by Crippen LogP contribution is 2.13. The predicted octanol–water partition coefficient (Wildman–Crippen LogP) is 0.116. The average Bonchev–Trinajstić information content (AvgIpc) is 2.26. The van der Waals surface area contributed by atoms with Crippen molar-refractivity contribution in [3.63, 3.8) is 0 Å². The van der Waals surface area contributed by atoms with Crippen LogP contribution in [0.15, 0.2) is 0 Å². The first-order chi connectivity index (χ1) is 8.68. The standard InChI is InChI=1S/C11H20N2O5S/c1-3-11(2,9(14)15)13-10(16)12-8-5-4-6-19(17,18)7-8/h8H,3-7H2,1-2H3,(H,14,15)(H2,12,13,16). The van der Waals surface area contributed by atoms with E-state index >= 15 is 0 Å². The second kappa shape index (κ2) is 5.77. The van der Waals surface area contributed by atoms with Gasteiger partial charge in [-0.1, -0.05) is 6.92 Å². The number of carboxylic acids is 1. The maximum Gasteiger partial charge on any atom is 0.329 e. The molecule has 2 atom stereocenters. The van der Waals surface area contributed by atoms with Crippen LogP contribution in [0.2, 0.25) is 0 Å². The molecule has 1 aliphatic heterocycles. The van der Waals surface area contributed by atoms with Crippen molar-refractivity contribution in [1.29, 1.82) is 0 Å². The van der Waals surface area contributed by atoms with Gasteiger partial charge in [0.25, 0.3) is 0 Å². The van der Waals surface area contributed by atoms with Crippen molar-refractivity contribution in [2.75, 3.05) is 11.5 Å². The molecule has 0 aliphatic carbocycles. The summed E-state index contributed by atoms with van der Waals surface area (Å²) < 4.78 is 22.9. The van der Waals surface area contributed by atoms with E-state index in [0.717, 1.165) is 0 Å². The van der Waals surface area contributed by atoms with E-state index in [0.29, 0.717) is 12.8 Å². The topological polar surface area (TPSA) is 113 Å². The molecular formula is C11H20N2O5S. The summed E-state index contributed by atoms with van der Waals surface area (Å²) in [5.74, 6) is -1.06. The van der Waals surface area contributed by atoms with E-state index in [1.165, 1.54) is 6.92 Å². The number of carbonyl (C=O) groups is 2. The van der Waals surface area contributed by atoms with Gasteiger partial charge in [-0.05, 0) is 26.2 Å². The fourth-order valence-corrected chi connectivity index (χ4v) is 3.54. The number of hydrogen-bond donors (Lipinski definition) is 3. The molecule has 0 radical (unpaired) electrons. The molecule has 0 spiro atoms. The number of carbonyl (C=O) groups excluding carboxylic acids is 1. The van der Waals surface area contributed by atoms with E-state index < -0.39 is 33.4 Å². The maximum absolute atomic E-state index is 11.7. The molecule has 0 aromatic rings. The summed E-state index contributed by atoms with van der Waals surface area (Å²) in [5, 5.41) is 13.9. The monoisotopic (exact) mass is 292 g/mol. The Balaban J connectivity index is 2.58. The minimum Gasteiger partial charge on any atom is -0.480 e. The molecule has 0 bridgehead atoms. The van der Waals surface area contributed by atoms with Gasteiger partial charge in [0.05, 0.1) is 11.5 Å². The van der Waals surface area contributed by atoms with Gasteiger partial charge >= 0.3 is 12.0 Å². The molecule has 110 valence electrons. The lowest BCUT2D eigenvalue weighted by molar-refractivity contribution is -0.143. The number of nitrogens with one attached hydrogen (secondary N) is 2. The largest absolute Gasteiger partial charge is 0.480 e. The molecule has 0 aromatic heterocycles. The van der Waals surface area contributed by atoms with Crippen LogP contribution in [-0.2, 0) is 14.6 Å². The second-order valence-corrected chi connectivity index (χ2v) is 7.27. The Bertz CT molecular complexity index is 462. The van der Waals surface area contributed by atoms with E-state index in [1.807, 2.05) is 0 Å². The summed E-state index contributed by atoms with van der Waals surface area (Å²) in [6.07, 6.45) is 1.33. The highest BCUT2D eigenvalue weighted by Gasteiger charge is 2.34. The molecular weight excluding hydrogens is 272 g/mol. The minimum absolute atomic E-state index is 0.0870. The first kappa shape index (κ1) is 15.7. The fraction of sp³-hybridized carbons (Fsp3) is 0.818. The Labute approximate surface area is 112 Å². The van der Waals surface area contributed by atoms with Crippen LogP contribution < -0.4 is 10.6 Å². The first-order valence-electron chi connectivity index (χ1n) is 6.21. The summed E-state index contributed by atoms with van der Waals surface area (Å²) in [7, 11) is -3.10. The normalized spacial score (nSPS) is 25.1. The molecule has 7 nitrogen and oxygen atoms in total. The summed E-state index contributed by atoms with van der Waals surface area (Å²) >= 11 is 0. The SMILES string of the molecule is CCC(C)(NC(=O)NC1CCCS(=O)(=O)C1)C(=O)O. The Morgan fingerprint density at radius 2 is 2.05 bits per heavy atom. The lowest BCUT2D eigenvalue weighted by Crippen LogP contribution is -2.57. The van der Waals surface area contributed by atoms with Crippen LogP contribution in [-0.4, -0.2) is 48.6 Å². The number of amides is 2. The van der Waals surface area contributed by atoms with Gasteiger partial charge in [-0.2, -0.15) is 0 Å². The quantitative estimate of drug-likeness (QED) is 0.681. The molecule has 1 fully saturated rings. The van der Waals surface area contributed by atoms with Crippen LogP contribution in [0.1, 0.15) is 33.1 Å². The molecule has 8 heteroatoms. The van der Waals surface area contributed by atoms with Gasteiger partial charge in [0, 0.05) is 6.04 Å². The lowest BCUT2D eigenvalue weighted by Gasteiger charge is -2.28. The molecule has 0 aromatic carbocycles. The zero-order valence-corrected chi connectivity index (χ0v) is 11.9. The summed E-state index contributed by atoms with van der Waals surface area (Å²) in [6.45, 7) is 3.06. The summed E-state index contributed by atoms with van der Waals surface area (Å²) in [4.78, 5) is 22.8. The lowest BCUT2D eigenvalue weighted by atomic mass is 10.00. The molecule has 1 saturated heterocycles. The maximum atomic E-state index is 11.7. The van der Waals surface area contributed by atoms with E-state index in [4.69, 9.17) is 5.11 Å². The first-order valence-corrected chi connectivity index (χ1v) is 8.03. The molecule has 1 rings (SSSR count). The number of hydrogen-bond acceptors (Lipinski definition) is 4. The summed E-state index contributed by atoms with van der Waals surface area (Å²) in [6, 6.07) is -1.09. The smallest absolute Gasteiger partial charge is 0.329 e. The number of carboxylic acid groups (broad SMARTS) is 1. The molecule has 3 N–H and O–H groups in total.